The summed E-state index contributed by atoms with van der Waals surface area (Å²) in [5.74, 6) is 1.14. The van der Waals surface area contributed by atoms with Gasteiger partial charge in [0.2, 0.25) is 0 Å². The number of aromatic nitrogens is 3. The number of aliphatic hydroxyl groups is 1. The van der Waals surface area contributed by atoms with Gasteiger partial charge in [0.15, 0.2) is 5.65 Å². The molecular weight excluding hydrogens is 314 g/mol. The van der Waals surface area contributed by atoms with Gasteiger partial charge in [-0.15, -0.1) is 0 Å². The van der Waals surface area contributed by atoms with Crippen LogP contribution in [0.5, 0.6) is 0 Å². The Morgan fingerprint density at radius 1 is 1.04 bits per heavy atom. The molecule has 0 amide bonds. The number of piperazine rings is 1. The fraction of sp³-hybridized carbons (Fsp3) is 0.684. The van der Waals surface area contributed by atoms with Gasteiger partial charge < -0.3 is 10.0 Å². The average Bonchev–Trinajstić information content (AvgIpc) is 2.90. The number of hydrogen-bond donors (Lipinski definition) is 1. The van der Waals surface area contributed by atoms with Gasteiger partial charge in [0.1, 0.15) is 5.82 Å². The summed E-state index contributed by atoms with van der Waals surface area (Å²) in [6, 6.07) is 2.49. The van der Waals surface area contributed by atoms with E-state index in [2.05, 4.69) is 34.7 Å². The lowest BCUT2D eigenvalue weighted by Gasteiger charge is -2.43. The smallest absolute Gasteiger partial charge is 0.160 e. The molecule has 1 aliphatic heterocycles. The Balaban J connectivity index is 1.55. The molecule has 3 heterocycles. The van der Waals surface area contributed by atoms with E-state index in [1.54, 1.807) is 0 Å². The highest BCUT2D eigenvalue weighted by atomic mass is 16.3. The molecule has 6 heteroatoms. The second-order valence-corrected chi connectivity index (χ2v) is 7.64. The van der Waals surface area contributed by atoms with Crippen molar-refractivity contribution in [3.63, 3.8) is 0 Å². The van der Waals surface area contributed by atoms with E-state index < -0.39 is 0 Å². The number of aryl methyl sites for hydroxylation is 3. The minimum atomic E-state index is -0.147. The second-order valence-electron chi connectivity index (χ2n) is 7.64. The van der Waals surface area contributed by atoms with Crippen molar-refractivity contribution >= 4 is 11.5 Å². The molecule has 2 aliphatic rings. The van der Waals surface area contributed by atoms with Crippen LogP contribution in [-0.2, 0) is 0 Å². The quantitative estimate of drug-likeness (QED) is 0.905. The van der Waals surface area contributed by atoms with E-state index in [0.717, 1.165) is 67.4 Å². The third kappa shape index (κ3) is 3.02. The first-order valence-electron chi connectivity index (χ1n) is 9.55. The molecule has 4 rings (SSSR count). The van der Waals surface area contributed by atoms with Crippen LogP contribution < -0.4 is 4.90 Å². The molecule has 0 aromatic carbocycles. The summed E-state index contributed by atoms with van der Waals surface area (Å²) in [6.45, 7) is 10.1. The monoisotopic (exact) mass is 343 g/mol. The van der Waals surface area contributed by atoms with E-state index in [4.69, 9.17) is 5.10 Å². The van der Waals surface area contributed by atoms with Crippen molar-refractivity contribution in [2.75, 3.05) is 31.1 Å². The van der Waals surface area contributed by atoms with E-state index in [1.165, 1.54) is 12.8 Å². The van der Waals surface area contributed by atoms with Crippen LogP contribution in [-0.4, -0.2) is 62.9 Å². The fourth-order valence-corrected chi connectivity index (χ4v) is 4.36. The summed E-state index contributed by atoms with van der Waals surface area (Å²) in [5.41, 5.74) is 4.21. The standard InChI is InChI=1S/C19H29N5O/c1-13-12-18(24-19(20-13)14(2)15(3)21-24)23-10-8-22(9-11-23)16-6-4-5-7-17(16)25/h12,16-17,25H,4-11H2,1-3H3/t16-,17-/m1/s1. The van der Waals surface area contributed by atoms with Crippen LogP contribution >= 0.6 is 0 Å². The van der Waals surface area contributed by atoms with Gasteiger partial charge in [-0.05, 0) is 33.6 Å². The number of anilines is 1. The number of nitrogens with zero attached hydrogens (tertiary/aromatic N) is 5. The highest BCUT2D eigenvalue weighted by Crippen LogP contribution is 2.26. The number of hydrogen-bond acceptors (Lipinski definition) is 5. The third-order valence-electron chi connectivity index (χ3n) is 5.97. The maximum atomic E-state index is 10.3. The molecule has 0 bridgehead atoms. The lowest BCUT2D eigenvalue weighted by molar-refractivity contribution is 0.0172. The van der Waals surface area contributed by atoms with E-state index in [0.29, 0.717) is 6.04 Å². The third-order valence-corrected chi connectivity index (χ3v) is 5.97. The zero-order valence-corrected chi connectivity index (χ0v) is 15.6. The molecule has 2 aromatic rings. The van der Waals surface area contributed by atoms with Crippen LogP contribution in [0.3, 0.4) is 0 Å². The zero-order valence-electron chi connectivity index (χ0n) is 15.6. The summed E-state index contributed by atoms with van der Waals surface area (Å²) in [7, 11) is 0. The van der Waals surface area contributed by atoms with Crippen molar-refractivity contribution in [1.29, 1.82) is 0 Å². The van der Waals surface area contributed by atoms with Gasteiger partial charge in [0, 0.05) is 49.5 Å². The van der Waals surface area contributed by atoms with E-state index >= 15 is 0 Å². The van der Waals surface area contributed by atoms with Gasteiger partial charge in [-0.3, -0.25) is 4.90 Å². The summed E-state index contributed by atoms with van der Waals surface area (Å²) in [4.78, 5) is 9.59. The molecule has 0 unspecified atom stereocenters. The topological polar surface area (TPSA) is 56.9 Å². The second kappa shape index (κ2) is 6.57. The van der Waals surface area contributed by atoms with Gasteiger partial charge in [0.25, 0.3) is 0 Å². The zero-order chi connectivity index (χ0) is 17.6. The lowest BCUT2D eigenvalue weighted by Crippen LogP contribution is -2.54. The average molecular weight is 343 g/mol. The van der Waals surface area contributed by atoms with Crippen LogP contribution in [0, 0.1) is 20.8 Å². The first-order chi connectivity index (χ1) is 12.0. The molecular formula is C19H29N5O. The van der Waals surface area contributed by atoms with Crippen LogP contribution in [0.25, 0.3) is 5.65 Å². The van der Waals surface area contributed by atoms with Gasteiger partial charge in [-0.25, -0.2) is 4.98 Å². The van der Waals surface area contributed by atoms with Crippen molar-refractivity contribution in [2.24, 2.45) is 0 Å². The predicted octanol–water partition coefficient (Wildman–Crippen LogP) is 2.08. The first-order valence-corrected chi connectivity index (χ1v) is 9.55. The van der Waals surface area contributed by atoms with Gasteiger partial charge in [-0.1, -0.05) is 12.8 Å². The Kier molecular flexibility index (Phi) is 4.41. The molecule has 2 fully saturated rings. The van der Waals surface area contributed by atoms with Crippen molar-refractivity contribution in [1.82, 2.24) is 19.5 Å². The Bertz CT molecular complexity index is 763. The fourth-order valence-electron chi connectivity index (χ4n) is 4.36. The summed E-state index contributed by atoms with van der Waals surface area (Å²) < 4.78 is 2.00. The lowest BCUT2D eigenvalue weighted by atomic mass is 9.91. The summed E-state index contributed by atoms with van der Waals surface area (Å²) >= 11 is 0. The Morgan fingerprint density at radius 3 is 2.48 bits per heavy atom. The molecule has 136 valence electrons. The van der Waals surface area contributed by atoms with Crippen molar-refractivity contribution < 1.29 is 5.11 Å². The Labute approximate surface area is 149 Å². The molecule has 6 nitrogen and oxygen atoms in total. The highest BCUT2D eigenvalue weighted by molar-refractivity contribution is 5.57. The number of fused-ring (bicyclic) bond motifs is 1. The number of rotatable bonds is 2. The predicted molar refractivity (Wildman–Crippen MR) is 99.2 cm³/mol. The molecule has 2 aromatic heterocycles. The van der Waals surface area contributed by atoms with E-state index in [1.807, 2.05) is 11.4 Å². The maximum Gasteiger partial charge on any atom is 0.160 e. The van der Waals surface area contributed by atoms with Gasteiger partial charge in [-0.2, -0.15) is 9.61 Å². The van der Waals surface area contributed by atoms with Gasteiger partial charge in [0.05, 0.1) is 11.8 Å². The molecule has 1 N–H and O–H groups in total. The van der Waals surface area contributed by atoms with Gasteiger partial charge >= 0.3 is 0 Å². The van der Waals surface area contributed by atoms with E-state index in [-0.39, 0.29) is 6.10 Å². The maximum absolute atomic E-state index is 10.3. The highest BCUT2D eigenvalue weighted by Gasteiger charge is 2.31. The molecule has 2 atom stereocenters. The molecule has 1 saturated heterocycles. The molecule has 25 heavy (non-hydrogen) atoms. The minimum absolute atomic E-state index is 0.147. The summed E-state index contributed by atoms with van der Waals surface area (Å²) in [6.07, 6.45) is 4.37. The van der Waals surface area contributed by atoms with Crippen LogP contribution in [0.2, 0.25) is 0 Å². The molecule has 0 spiro atoms. The van der Waals surface area contributed by atoms with E-state index in [9.17, 15) is 5.11 Å². The van der Waals surface area contributed by atoms with Crippen LogP contribution in [0.4, 0.5) is 5.82 Å². The SMILES string of the molecule is Cc1cc(N2CCN([C@@H]3CCCC[C@H]3O)CC2)n2nc(C)c(C)c2n1. The summed E-state index contributed by atoms with van der Waals surface area (Å²) in [5, 5.41) is 15.0. The molecule has 1 aliphatic carbocycles. The molecule has 0 radical (unpaired) electrons. The van der Waals surface area contributed by atoms with Crippen LogP contribution in [0.1, 0.15) is 42.6 Å². The Morgan fingerprint density at radius 2 is 1.76 bits per heavy atom. The van der Waals surface area contributed by atoms with Crippen molar-refractivity contribution in [3.8, 4) is 0 Å². The number of aliphatic hydroxyl groups excluding tert-OH is 1. The van der Waals surface area contributed by atoms with Crippen LogP contribution in [0.15, 0.2) is 6.07 Å². The first kappa shape index (κ1) is 16.8. The Hall–Kier alpha value is -1.66. The van der Waals surface area contributed by atoms with Crippen molar-refractivity contribution in [3.05, 3.63) is 23.0 Å². The molecule has 1 saturated carbocycles. The largest absolute Gasteiger partial charge is 0.391 e. The van der Waals surface area contributed by atoms with Crippen molar-refractivity contribution in [2.45, 2.75) is 58.6 Å². The minimum Gasteiger partial charge on any atom is -0.391 e. The normalized spacial score (nSPS) is 25.7.